The van der Waals surface area contributed by atoms with E-state index in [1.54, 1.807) is 0 Å². The van der Waals surface area contributed by atoms with E-state index in [9.17, 15) is 4.79 Å². The van der Waals surface area contributed by atoms with E-state index in [4.69, 9.17) is 4.52 Å². The number of amides is 1. The summed E-state index contributed by atoms with van der Waals surface area (Å²) >= 11 is 0. The van der Waals surface area contributed by atoms with Gasteiger partial charge in [-0.05, 0) is 30.2 Å². The number of benzene rings is 1. The average Bonchev–Trinajstić information content (AvgIpc) is 3.35. The lowest BCUT2D eigenvalue weighted by Gasteiger charge is -2.20. The van der Waals surface area contributed by atoms with Gasteiger partial charge >= 0.3 is 0 Å². The summed E-state index contributed by atoms with van der Waals surface area (Å²) in [6, 6.07) is 10.3. The number of likely N-dealkylation sites (tertiary alicyclic amines) is 1. The van der Waals surface area contributed by atoms with E-state index in [0.29, 0.717) is 24.3 Å². The lowest BCUT2D eigenvalue weighted by atomic mass is 9.85. The van der Waals surface area contributed by atoms with Gasteiger partial charge in [0.1, 0.15) is 0 Å². The van der Waals surface area contributed by atoms with Crippen molar-refractivity contribution in [3.63, 3.8) is 0 Å². The van der Waals surface area contributed by atoms with Gasteiger partial charge in [0.25, 0.3) is 0 Å². The molecule has 138 valence electrons. The molecule has 1 aliphatic heterocycles. The van der Waals surface area contributed by atoms with Crippen molar-refractivity contribution in [2.24, 2.45) is 5.41 Å². The van der Waals surface area contributed by atoms with Crippen LogP contribution in [-0.4, -0.2) is 34.0 Å². The van der Waals surface area contributed by atoms with Gasteiger partial charge in [-0.25, -0.2) is 0 Å². The first-order valence-electron chi connectivity index (χ1n) is 9.75. The molecule has 0 bridgehead atoms. The summed E-state index contributed by atoms with van der Waals surface area (Å²) in [7, 11) is 0. The third-order valence-electron chi connectivity index (χ3n) is 5.96. The van der Waals surface area contributed by atoms with Crippen molar-refractivity contribution in [1.29, 1.82) is 0 Å². The van der Waals surface area contributed by atoms with Crippen LogP contribution in [0.25, 0.3) is 0 Å². The maximum Gasteiger partial charge on any atom is 0.232 e. The van der Waals surface area contributed by atoms with E-state index >= 15 is 0 Å². The topological polar surface area (TPSA) is 59.2 Å². The van der Waals surface area contributed by atoms with Gasteiger partial charge < -0.3 is 9.42 Å². The summed E-state index contributed by atoms with van der Waals surface area (Å²) < 4.78 is 5.52. The highest BCUT2D eigenvalue weighted by molar-refractivity contribution is 5.79. The molecule has 1 saturated heterocycles. The van der Waals surface area contributed by atoms with E-state index in [0.717, 1.165) is 25.2 Å². The SMILES string of the molecule is CC1(Cc2noc(C3CC(=O)N(CCc4ccccc4)C3)n2)CCCC1. The second-order valence-electron chi connectivity index (χ2n) is 8.22. The van der Waals surface area contributed by atoms with Crippen LogP contribution in [0.15, 0.2) is 34.9 Å². The summed E-state index contributed by atoms with van der Waals surface area (Å²) in [6.07, 6.45) is 7.33. The number of carbonyl (C=O) groups is 1. The van der Waals surface area contributed by atoms with E-state index in [1.807, 2.05) is 23.1 Å². The summed E-state index contributed by atoms with van der Waals surface area (Å²) in [6.45, 7) is 3.75. The maximum absolute atomic E-state index is 12.4. The minimum absolute atomic E-state index is 0.0379. The van der Waals surface area contributed by atoms with E-state index in [-0.39, 0.29) is 11.8 Å². The Bertz CT molecular complexity index is 750. The van der Waals surface area contributed by atoms with Crippen LogP contribution in [0, 0.1) is 5.41 Å². The van der Waals surface area contributed by atoms with Gasteiger partial charge in [0.05, 0.1) is 5.92 Å². The van der Waals surface area contributed by atoms with Crippen LogP contribution < -0.4 is 0 Å². The highest BCUT2D eigenvalue weighted by atomic mass is 16.5. The van der Waals surface area contributed by atoms with E-state index in [2.05, 4.69) is 29.2 Å². The van der Waals surface area contributed by atoms with Gasteiger partial charge in [0.15, 0.2) is 5.82 Å². The van der Waals surface area contributed by atoms with Gasteiger partial charge in [0, 0.05) is 25.9 Å². The molecule has 2 aliphatic rings. The average molecular weight is 353 g/mol. The van der Waals surface area contributed by atoms with Crippen molar-refractivity contribution in [2.45, 2.75) is 57.8 Å². The Kier molecular flexibility index (Phi) is 4.79. The van der Waals surface area contributed by atoms with Crippen molar-refractivity contribution < 1.29 is 9.32 Å². The molecule has 0 radical (unpaired) electrons. The van der Waals surface area contributed by atoms with Gasteiger partial charge in [-0.2, -0.15) is 4.98 Å². The maximum atomic E-state index is 12.4. The molecule has 2 heterocycles. The molecule has 1 amide bonds. The molecule has 5 heteroatoms. The molecule has 1 aromatic heterocycles. The number of carbonyl (C=O) groups excluding carboxylic acids is 1. The molecule has 0 N–H and O–H groups in total. The predicted molar refractivity (Wildman–Crippen MR) is 98.7 cm³/mol. The second-order valence-corrected chi connectivity index (χ2v) is 8.22. The quantitative estimate of drug-likeness (QED) is 0.793. The zero-order chi connectivity index (χ0) is 18.0. The Morgan fingerprint density at radius 3 is 2.77 bits per heavy atom. The first kappa shape index (κ1) is 17.3. The molecule has 2 fully saturated rings. The summed E-state index contributed by atoms with van der Waals surface area (Å²) in [5, 5.41) is 4.20. The number of hydrogen-bond donors (Lipinski definition) is 0. The molecule has 1 aliphatic carbocycles. The van der Waals surface area contributed by atoms with Crippen LogP contribution in [0.2, 0.25) is 0 Å². The Morgan fingerprint density at radius 2 is 2.00 bits per heavy atom. The van der Waals surface area contributed by atoms with Gasteiger partial charge in [0.2, 0.25) is 11.8 Å². The van der Waals surface area contributed by atoms with Crippen LogP contribution in [0.5, 0.6) is 0 Å². The zero-order valence-electron chi connectivity index (χ0n) is 15.5. The van der Waals surface area contributed by atoms with Crippen LogP contribution >= 0.6 is 0 Å². The highest BCUT2D eigenvalue weighted by Crippen LogP contribution is 2.40. The minimum Gasteiger partial charge on any atom is -0.342 e. The van der Waals surface area contributed by atoms with Crippen LogP contribution in [0.1, 0.15) is 62.2 Å². The molecule has 2 aromatic rings. The number of nitrogens with zero attached hydrogens (tertiary/aromatic N) is 3. The van der Waals surface area contributed by atoms with Crippen LogP contribution in [-0.2, 0) is 17.6 Å². The lowest BCUT2D eigenvalue weighted by molar-refractivity contribution is -0.127. The van der Waals surface area contributed by atoms with E-state index in [1.165, 1.54) is 31.2 Å². The smallest absolute Gasteiger partial charge is 0.232 e. The van der Waals surface area contributed by atoms with Crippen LogP contribution in [0.4, 0.5) is 0 Å². The second kappa shape index (κ2) is 7.22. The Hall–Kier alpha value is -2.17. The molecule has 1 saturated carbocycles. The summed E-state index contributed by atoms with van der Waals surface area (Å²) in [4.78, 5) is 18.9. The fraction of sp³-hybridized carbons (Fsp3) is 0.571. The van der Waals surface area contributed by atoms with Gasteiger partial charge in [-0.1, -0.05) is 55.3 Å². The molecular formula is C21H27N3O2. The first-order valence-corrected chi connectivity index (χ1v) is 9.75. The Morgan fingerprint density at radius 1 is 1.23 bits per heavy atom. The van der Waals surface area contributed by atoms with E-state index < -0.39 is 0 Å². The molecule has 1 unspecified atom stereocenters. The standard InChI is InChI=1S/C21H27N3O2/c1-21(10-5-6-11-21)14-18-22-20(26-23-18)17-13-19(25)24(15-17)12-9-16-7-3-2-4-8-16/h2-4,7-8,17H,5-6,9-15H2,1H3. The summed E-state index contributed by atoms with van der Waals surface area (Å²) in [5.41, 5.74) is 1.57. The molecule has 0 spiro atoms. The van der Waals surface area contributed by atoms with Crippen molar-refractivity contribution in [3.05, 3.63) is 47.6 Å². The normalized spacial score (nSPS) is 22.3. The lowest BCUT2D eigenvalue weighted by Crippen LogP contribution is -2.27. The zero-order valence-corrected chi connectivity index (χ0v) is 15.5. The number of hydrogen-bond acceptors (Lipinski definition) is 4. The largest absolute Gasteiger partial charge is 0.342 e. The van der Waals surface area contributed by atoms with Crippen molar-refractivity contribution in [3.8, 4) is 0 Å². The summed E-state index contributed by atoms with van der Waals surface area (Å²) in [5.74, 6) is 1.67. The molecule has 5 nitrogen and oxygen atoms in total. The molecule has 26 heavy (non-hydrogen) atoms. The highest BCUT2D eigenvalue weighted by Gasteiger charge is 2.35. The minimum atomic E-state index is 0.0379. The third-order valence-corrected chi connectivity index (χ3v) is 5.96. The fourth-order valence-corrected chi connectivity index (χ4v) is 4.35. The fourth-order valence-electron chi connectivity index (χ4n) is 4.35. The van der Waals surface area contributed by atoms with Crippen molar-refractivity contribution in [1.82, 2.24) is 15.0 Å². The molecule has 1 aromatic carbocycles. The van der Waals surface area contributed by atoms with Crippen molar-refractivity contribution >= 4 is 5.91 Å². The molecule has 1 atom stereocenters. The monoisotopic (exact) mass is 353 g/mol. The number of rotatable bonds is 6. The first-order chi connectivity index (χ1) is 12.6. The van der Waals surface area contributed by atoms with Crippen LogP contribution in [0.3, 0.4) is 0 Å². The predicted octanol–water partition coefficient (Wildman–Crippen LogP) is 3.75. The Labute approximate surface area is 154 Å². The van der Waals surface area contributed by atoms with Gasteiger partial charge in [-0.3, -0.25) is 4.79 Å². The Balaban J connectivity index is 1.35. The van der Waals surface area contributed by atoms with Gasteiger partial charge in [-0.15, -0.1) is 0 Å². The molecule has 4 rings (SSSR count). The third kappa shape index (κ3) is 3.81. The number of aromatic nitrogens is 2. The van der Waals surface area contributed by atoms with Crippen molar-refractivity contribution in [2.75, 3.05) is 13.1 Å². The molecular weight excluding hydrogens is 326 g/mol.